The molecule has 4 heteroatoms. The van der Waals surface area contributed by atoms with Gasteiger partial charge in [0.05, 0.1) is 22.4 Å². The van der Waals surface area contributed by atoms with Gasteiger partial charge in [0.2, 0.25) is 0 Å². The monoisotopic (exact) mass is 243 g/mol. The minimum Gasteiger partial charge on any atom is -0.262 e. The van der Waals surface area contributed by atoms with Crippen LogP contribution in [0, 0.1) is 18.3 Å². The van der Waals surface area contributed by atoms with E-state index in [1.807, 2.05) is 42.9 Å². The Morgan fingerprint density at radius 2 is 2.24 bits per heavy atom. The Labute approximate surface area is 105 Å². The van der Waals surface area contributed by atoms with Gasteiger partial charge in [-0.2, -0.15) is 10.4 Å². The smallest absolute Gasteiger partial charge is 0.0991 e. The molecule has 1 heterocycles. The molecule has 0 saturated heterocycles. The van der Waals surface area contributed by atoms with Crippen LogP contribution >= 0.6 is 11.8 Å². The quantitative estimate of drug-likeness (QED) is 0.778. The largest absolute Gasteiger partial charge is 0.262 e. The number of hydrogen-bond acceptors (Lipinski definition) is 3. The summed E-state index contributed by atoms with van der Waals surface area (Å²) in [4.78, 5) is 0. The van der Waals surface area contributed by atoms with Gasteiger partial charge in [0.1, 0.15) is 0 Å². The molecule has 0 bridgehead atoms. The van der Waals surface area contributed by atoms with E-state index < -0.39 is 0 Å². The summed E-state index contributed by atoms with van der Waals surface area (Å²) in [6, 6.07) is 11.9. The van der Waals surface area contributed by atoms with E-state index >= 15 is 0 Å². The number of thioether (sulfide) groups is 1. The third-order valence-corrected chi connectivity index (χ3v) is 3.56. The predicted octanol–water partition coefficient (Wildman–Crippen LogP) is 2.89. The lowest BCUT2D eigenvalue weighted by atomic mass is 10.2. The molecule has 3 nitrogen and oxygen atoms in total. The number of nitrogens with zero attached hydrogens (tertiary/aromatic N) is 3. The van der Waals surface area contributed by atoms with Crippen molar-refractivity contribution in [3.8, 4) is 6.07 Å². The SMILES string of the molecule is Cc1cc(SCc2cccc(C#N)c2)n(C)n1. The second-order valence-electron chi connectivity index (χ2n) is 3.85. The summed E-state index contributed by atoms with van der Waals surface area (Å²) in [6.07, 6.45) is 0. The fourth-order valence-corrected chi connectivity index (χ4v) is 2.59. The fraction of sp³-hybridized carbons (Fsp3) is 0.231. The van der Waals surface area contributed by atoms with E-state index in [0.29, 0.717) is 5.56 Å². The summed E-state index contributed by atoms with van der Waals surface area (Å²) in [5, 5.41) is 14.3. The van der Waals surface area contributed by atoms with Gasteiger partial charge in [-0.05, 0) is 30.7 Å². The lowest BCUT2D eigenvalue weighted by Gasteiger charge is -2.02. The Bertz CT molecular complexity index is 566. The topological polar surface area (TPSA) is 41.6 Å². The predicted molar refractivity (Wildman–Crippen MR) is 68.7 cm³/mol. The molecule has 86 valence electrons. The number of benzene rings is 1. The number of hydrogen-bond donors (Lipinski definition) is 0. The maximum absolute atomic E-state index is 8.82. The van der Waals surface area contributed by atoms with Crippen LogP contribution in [-0.4, -0.2) is 9.78 Å². The van der Waals surface area contributed by atoms with Gasteiger partial charge < -0.3 is 0 Å². The van der Waals surface area contributed by atoms with Crippen molar-refractivity contribution < 1.29 is 0 Å². The first kappa shape index (κ1) is 11.7. The lowest BCUT2D eigenvalue weighted by Crippen LogP contribution is -1.92. The molecule has 0 amide bonds. The van der Waals surface area contributed by atoms with Gasteiger partial charge >= 0.3 is 0 Å². The Hall–Kier alpha value is -1.73. The van der Waals surface area contributed by atoms with Gasteiger partial charge in [-0.25, -0.2) is 0 Å². The second-order valence-corrected chi connectivity index (χ2v) is 4.84. The number of aromatic nitrogens is 2. The molecule has 0 aliphatic heterocycles. The molecule has 0 radical (unpaired) electrons. The maximum Gasteiger partial charge on any atom is 0.0991 e. The summed E-state index contributed by atoms with van der Waals surface area (Å²) < 4.78 is 1.88. The summed E-state index contributed by atoms with van der Waals surface area (Å²) in [7, 11) is 1.95. The van der Waals surface area contributed by atoms with E-state index in [4.69, 9.17) is 5.26 Å². The molecular weight excluding hydrogens is 230 g/mol. The van der Waals surface area contributed by atoms with Crippen LogP contribution in [0.2, 0.25) is 0 Å². The Morgan fingerprint density at radius 1 is 1.41 bits per heavy atom. The van der Waals surface area contributed by atoms with Crippen molar-refractivity contribution in [2.45, 2.75) is 17.7 Å². The minimum absolute atomic E-state index is 0.712. The van der Waals surface area contributed by atoms with Gasteiger partial charge in [-0.15, -0.1) is 11.8 Å². The van der Waals surface area contributed by atoms with E-state index in [-0.39, 0.29) is 0 Å². The molecule has 0 aliphatic carbocycles. The van der Waals surface area contributed by atoms with Crippen molar-refractivity contribution in [3.05, 3.63) is 47.2 Å². The molecule has 0 unspecified atom stereocenters. The zero-order chi connectivity index (χ0) is 12.3. The van der Waals surface area contributed by atoms with Gasteiger partial charge in [0.15, 0.2) is 0 Å². The highest BCUT2D eigenvalue weighted by Gasteiger charge is 2.03. The van der Waals surface area contributed by atoms with Gasteiger partial charge in [-0.1, -0.05) is 12.1 Å². The standard InChI is InChI=1S/C13H13N3S/c1-10-6-13(16(2)15-10)17-9-12-5-3-4-11(7-12)8-14/h3-7H,9H2,1-2H3. The van der Waals surface area contributed by atoms with E-state index in [1.54, 1.807) is 11.8 Å². The van der Waals surface area contributed by atoms with Crippen molar-refractivity contribution in [1.82, 2.24) is 9.78 Å². The van der Waals surface area contributed by atoms with Gasteiger partial charge in [-0.3, -0.25) is 4.68 Å². The van der Waals surface area contributed by atoms with Crippen molar-refractivity contribution in [3.63, 3.8) is 0 Å². The Kier molecular flexibility index (Phi) is 3.50. The van der Waals surface area contributed by atoms with Gasteiger partial charge in [0.25, 0.3) is 0 Å². The first-order valence-corrected chi connectivity index (χ1v) is 6.30. The number of aryl methyl sites for hydroxylation is 2. The first-order valence-electron chi connectivity index (χ1n) is 5.31. The highest BCUT2D eigenvalue weighted by atomic mass is 32.2. The summed E-state index contributed by atoms with van der Waals surface area (Å²) >= 11 is 1.73. The van der Waals surface area contributed by atoms with Gasteiger partial charge in [0, 0.05) is 12.8 Å². The van der Waals surface area contributed by atoms with Crippen LogP contribution in [-0.2, 0) is 12.8 Å². The molecule has 0 aliphatic rings. The Morgan fingerprint density at radius 3 is 2.88 bits per heavy atom. The van der Waals surface area contributed by atoms with E-state index in [0.717, 1.165) is 22.0 Å². The third kappa shape index (κ3) is 2.89. The normalized spacial score (nSPS) is 10.2. The maximum atomic E-state index is 8.82. The average molecular weight is 243 g/mol. The molecular formula is C13H13N3S. The van der Waals surface area contributed by atoms with Crippen molar-refractivity contribution in [1.29, 1.82) is 5.26 Å². The highest BCUT2D eigenvalue weighted by molar-refractivity contribution is 7.98. The molecule has 1 aromatic carbocycles. The molecule has 0 fully saturated rings. The van der Waals surface area contributed by atoms with Crippen molar-refractivity contribution >= 4 is 11.8 Å². The summed E-state index contributed by atoms with van der Waals surface area (Å²) in [6.45, 7) is 1.99. The summed E-state index contributed by atoms with van der Waals surface area (Å²) in [5.74, 6) is 0.856. The molecule has 1 aromatic heterocycles. The van der Waals surface area contributed by atoms with Crippen LogP contribution in [0.4, 0.5) is 0 Å². The minimum atomic E-state index is 0.712. The molecule has 17 heavy (non-hydrogen) atoms. The van der Waals surface area contributed by atoms with Crippen LogP contribution in [0.3, 0.4) is 0 Å². The van der Waals surface area contributed by atoms with Crippen LogP contribution in [0.25, 0.3) is 0 Å². The zero-order valence-electron chi connectivity index (χ0n) is 9.84. The average Bonchev–Trinajstić information content (AvgIpc) is 2.65. The van der Waals surface area contributed by atoms with Crippen LogP contribution in [0.15, 0.2) is 35.4 Å². The molecule has 0 atom stereocenters. The molecule has 0 spiro atoms. The molecule has 2 aromatic rings. The molecule has 2 rings (SSSR count). The third-order valence-electron chi connectivity index (χ3n) is 2.40. The van der Waals surface area contributed by atoms with E-state index in [2.05, 4.69) is 17.2 Å². The van der Waals surface area contributed by atoms with Crippen LogP contribution < -0.4 is 0 Å². The summed E-state index contributed by atoms with van der Waals surface area (Å²) in [5.41, 5.74) is 2.90. The fourth-order valence-electron chi connectivity index (χ4n) is 1.61. The Balaban J connectivity index is 2.07. The second kappa shape index (κ2) is 5.07. The zero-order valence-corrected chi connectivity index (χ0v) is 10.7. The van der Waals surface area contributed by atoms with E-state index in [9.17, 15) is 0 Å². The number of rotatable bonds is 3. The lowest BCUT2D eigenvalue weighted by molar-refractivity contribution is 0.692. The van der Waals surface area contributed by atoms with Crippen molar-refractivity contribution in [2.24, 2.45) is 7.05 Å². The number of nitriles is 1. The molecule has 0 N–H and O–H groups in total. The van der Waals surface area contributed by atoms with Crippen molar-refractivity contribution in [2.75, 3.05) is 0 Å². The first-order chi connectivity index (χ1) is 8.19. The van der Waals surface area contributed by atoms with Crippen LogP contribution in [0.5, 0.6) is 0 Å². The van der Waals surface area contributed by atoms with Crippen LogP contribution in [0.1, 0.15) is 16.8 Å². The molecule has 0 saturated carbocycles. The van der Waals surface area contributed by atoms with E-state index in [1.165, 1.54) is 0 Å². The highest BCUT2D eigenvalue weighted by Crippen LogP contribution is 2.23.